The Bertz CT molecular complexity index is 1080. The Morgan fingerprint density at radius 2 is 1.56 bits per heavy atom. The van der Waals surface area contributed by atoms with Crippen molar-refractivity contribution in [2.45, 2.75) is 6.04 Å². The molecule has 0 spiro atoms. The van der Waals surface area contributed by atoms with E-state index in [9.17, 15) is 9.18 Å². The molecule has 5 nitrogen and oxygen atoms in total. The summed E-state index contributed by atoms with van der Waals surface area (Å²) >= 11 is 3.42. The molecule has 1 amide bonds. The number of rotatable bonds is 7. The molecule has 1 atom stereocenters. The molecule has 1 aliphatic heterocycles. The number of nitrogens with one attached hydrogen (secondary N) is 1. The molecule has 4 rings (SSSR count). The minimum atomic E-state index is -0.217. The SMILES string of the molecule is CN(C)c1ccc(C(CNC(=O)c2ccc(Br)cc2)N2CCN(c3ccc(F)cc3)CC2)cc1. The average Bonchev–Trinajstić information content (AvgIpc) is 2.85. The van der Waals surface area contributed by atoms with Crippen molar-refractivity contribution in [1.29, 1.82) is 0 Å². The molecule has 1 unspecified atom stereocenters. The summed E-state index contributed by atoms with van der Waals surface area (Å²) < 4.78 is 14.3. The monoisotopic (exact) mass is 524 g/mol. The predicted octanol–water partition coefficient (Wildman–Crippen LogP) is 4.95. The Kier molecular flexibility index (Phi) is 7.85. The van der Waals surface area contributed by atoms with Crippen molar-refractivity contribution < 1.29 is 9.18 Å². The first-order valence-corrected chi connectivity index (χ1v) is 12.3. The lowest BCUT2D eigenvalue weighted by Gasteiger charge is -2.40. The number of carbonyl (C=O) groups is 1. The quantitative estimate of drug-likeness (QED) is 0.474. The van der Waals surface area contributed by atoms with Crippen molar-refractivity contribution in [1.82, 2.24) is 10.2 Å². The van der Waals surface area contributed by atoms with Crippen molar-refractivity contribution in [3.8, 4) is 0 Å². The van der Waals surface area contributed by atoms with E-state index in [2.05, 4.69) is 60.2 Å². The number of nitrogens with zero attached hydrogens (tertiary/aromatic N) is 3. The van der Waals surface area contributed by atoms with Crippen LogP contribution in [0.4, 0.5) is 15.8 Å². The number of halogens is 2. The van der Waals surface area contributed by atoms with Gasteiger partial charge in [0, 0.05) is 68.2 Å². The smallest absolute Gasteiger partial charge is 0.251 e. The van der Waals surface area contributed by atoms with E-state index >= 15 is 0 Å². The zero-order valence-electron chi connectivity index (χ0n) is 19.5. The standard InChI is InChI=1S/C27H30BrFN4O/c1-31(2)24-11-5-20(6-12-24)26(19-30-27(34)21-3-7-22(28)8-4-21)33-17-15-32(16-18-33)25-13-9-23(29)10-14-25/h3-14,26H,15-19H2,1-2H3,(H,30,34). The van der Waals surface area contributed by atoms with Gasteiger partial charge in [-0.15, -0.1) is 0 Å². The van der Waals surface area contributed by atoms with E-state index in [1.807, 2.05) is 50.5 Å². The van der Waals surface area contributed by atoms with Gasteiger partial charge in [0.05, 0.1) is 6.04 Å². The molecule has 3 aromatic rings. The average molecular weight is 525 g/mol. The molecule has 0 bridgehead atoms. The Hall–Kier alpha value is -2.90. The maximum Gasteiger partial charge on any atom is 0.251 e. The Balaban J connectivity index is 1.47. The molecule has 1 saturated heterocycles. The topological polar surface area (TPSA) is 38.8 Å². The van der Waals surface area contributed by atoms with Crippen molar-refractivity contribution in [2.24, 2.45) is 0 Å². The maximum atomic E-state index is 13.3. The van der Waals surface area contributed by atoms with Crippen LogP contribution >= 0.6 is 15.9 Å². The van der Waals surface area contributed by atoms with Crippen LogP contribution < -0.4 is 15.1 Å². The largest absolute Gasteiger partial charge is 0.378 e. The number of amides is 1. The molecule has 1 fully saturated rings. The molecule has 1 heterocycles. The highest BCUT2D eigenvalue weighted by Gasteiger charge is 2.26. The summed E-state index contributed by atoms with van der Waals surface area (Å²) in [6.45, 7) is 3.92. The van der Waals surface area contributed by atoms with Crippen LogP contribution in [0.25, 0.3) is 0 Å². The first kappa shape index (κ1) is 24.2. The summed E-state index contributed by atoms with van der Waals surface area (Å²) in [6, 6.07) is 22.7. The zero-order chi connectivity index (χ0) is 24.1. The van der Waals surface area contributed by atoms with Crippen LogP contribution in [0, 0.1) is 5.82 Å². The molecule has 178 valence electrons. The molecule has 3 aromatic carbocycles. The normalized spacial score (nSPS) is 15.1. The molecule has 1 aliphatic rings. The second-order valence-electron chi connectivity index (χ2n) is 8.72. The van der Waals surface area contributed by atoms with Gasteiger partial charge in [0.25, 0.3) is 5.91 Å². The Morgan fingerprint density at radius 3 is 2.15 bits per heavy atom. The van der Waals surface area contributed by atoms with Gasteiger partial charge in [-0.25, -0.2) is 4.39 Å². The second kappa shape index (κ2) is 11.0. The third-order valence-electron chi connectivity index (χ3n) is 6.30. The first-order valence-electron chi connectivity index (χ1n) is 11.5. The highest BCUT2D eigenvalue weighted by molar-refractivity contribution is 9.10. The van der Waals surface area contributed by atoms with Crippen molar-refractivity contribution in [2.75, 3.05) is 56.6 Å². The number of anilines is 2. The lowest BCUT2D eigenvalue weighted by atomic mass is 10.0. The lowest BCUT2D eigenvalue weighted by molar-refractivity contribution is 0.0930. The molecule has 0 aliphatic carbocycles. The van der Waals surface area contributed by atoms with E-state index in [4.69, 9.17) is 0 Å². The predicted molar refractivity (Wildman–Crippen MR) is 140 cm³/mol. The van der Waals surface area contributed by atoms with Gasteiger partial charge in [0.1, 0.15) is 5.82 Å². The Morgan fingerprint density at radius 1 is 0.941 bits per heavy atom. The third-order valence-corrected chi connectivity index (χ3v) is 6.83. The number of hydrogen-bond acceptors (Lipinski definition) is 4. The van der Waals surface area contributed by atoms with Crippen molar-refractivity contribution in [3.05, 3.63) is 94.2 Å². The van der Waals surface area contributed by atoms with Crippen LogP contribution in [0.2, 0.25) is 0 Å². The van der Waals surface area contributed by atoms with E-state index in [1.54, 1.807) is 0 Å². The lowest BCUT2D eigenvalue weighted by Crippen LogP contribution is -2.50. The molecular weight excluding hydrogens is 495 g/mol. The minimum absolute atomic E-state index is 0.0611. The molecule has 34 heavy (non-hydrogen) atoms. The summed E-state index contributed by atoms with van der Waals surface area (Å²) in [5.41, 5.74) is 4.00. The van der Waals surface area contributed by atoms with Crippen LogP contribution in [-0.4, -0.2) is 57.6 Å². The number of hydrogen-bond donors (Lipinski definition) is 1. The fraction of sp³-hybridized carbons (Fsp3) is 0.296. The van der Waals surface area contributed by atoms with Crippen LogP contribution in [0.3, 0.4) is 0 Å². The van der Waals surface area contributed by atoms with E-state index in [0.717, 1.165) is 42.0 Å². The van der Waals surface area contributed by atoms with Gasteiger partial charge in [-0.1, -0.05) is 28.1 Å². The molecule has 0 saturated carbocycles. The van der Waals surface area contributed by atoms with E-state index in [0.29, 0.717) is 12.1 Å². The van der Waals surface area contributed by atoms with E-state index < -0.39 is 0 Å². The fourth-order valence-corrected chi connectivity index (χ4v) is 4.55. The summed E-state index contributed by atoms with van der Waals surface area (Å²) in [5, 5.41) is 3.14. The van der Waals surface area contributed by atoms with Gasteiger partial charge in [-0.05, 0) is 66.2 Å². The number of carbonyl (C=O) groups excluding carboxylic acids is 1. The first-order chi connectivity index (χ1) is 16.4. The van der Waals surface area contributed by atoms with Gasteiger partial charge in [-0.3, -0.25) is 9.69 Å². The number of benzene rings is 3. The molecule has 7 heteroatoms. The fourth-order valence-electron chi connectivity index (χ4n) is 4.29. The highest BCUT2D eigenvalue weighted by Crippen LogP contribution is 2.26. The summed E-state index contributed by atoms with van der Waals surface area (Å²) in [4.78, 5) is 19.6. The van der Waals surface area contributed by atoms with Crippen LogP contribution in [0.1, 0.15) is 22.0 Å². The van der Waals surface area contributed by atoms with Gasteiger partial charge < -0.3 is 15.1 Å². The van der Waals surface area contributed by atoms with Crippen molar-refractivity contribution >= 4 is 33.2 Å². The maximum absolute atomic E-state index is 13.3. The number of piperazine rings is 1. The molecule has 0 radical (unpaired) electrons. The minimum Gasteiger partial charge on any atom is -0.378 e. The molecule has 1 N–H and O–H groups in total. The highest BCUT2D eigenvalue weighted by atomic mass is 79.9. The summed E-state index contributed by atoms with van der Waals surface area (Å²) in [6.07, 6.45) is 0. The van der Waals surface area contributed by atoms with Gasteiger partial charge in [-0.2, -0.15) is 0 Å². The van der Waals surface area contributed by atoms with Gasteiger partial charge in [0.15, 0.2) is 0 Å². The van der Waals surface area contributed by atoms with Crippen LogP contribution in [0.5, 0.6) is 0 Å². The van der Waals surface area contributed by atoms with Crippen LogP contribution in [-0.2, 0) is 0 Å². The summed E-state index contributed by atoms with van der Waals surface area (Å²) in [5.74, 6) is -0.294. The van der Waals surface area contributed by atoms with Crippen molar-refractivity contribution in [3.63, 3.8) is 0 Å². The van der Waals surface area contributed by atoms with Crippen LogP contribution in [0.15, 0.2) is 77.3 Å². The summed E-state index contributed by atoms with van der Waals surface area (Å²) in [7, 11) is 4.05. The second-order valence-corrected chi connectivity index (χ2v) is 9.63. The molecule has 0 aromatic heterocycles. The van der Waals surface area contributed by atoms with E-state index in [-0.39, 0.29) is 17.8 Å². The van der Waals surface area contributed by atoms with Gasteiger partial charge >= 0.3 is 0 Å². The van der Waals surface area contributed by atoms with Gasteiger partial charge in [0.2, 0.25) is 0 Å². The Labute approximate surface area is 209 Å². The van der Waals surface area contributed by atoms with E-state index in [1.165, 1.54) is 17.7 Å². The molecular formula is C27H30BrFN4O. The third kappa shape index (κ3) is 5.96. The zero-order valence-corrected chi connectivity index (χ0v) is 21.1.